The lowest BCUT2D eigenvalue weighted by molar-refractivity contribution is -0.114. The molecule has 0 radical (unpaired) electrons. The molecule has 0 spiro atoms. The summed E-state index contributed by atoms with van der Waals surface area (Å²) >= 11 is 1.84. The van der Waals surface area contributed by atoms with Gasteiger partial charge in [-0.1, -0.05) is 43.7 Å². The molecule has 31 heavy (non-hydrogen) atoms. The van der Waals surface area contributed by atoms with Gasteiger partial charge < -0.3 is 15.4 Å². The first kappa shape index (κ1) is 29.3. The van der Waals surface area contributed by atoms with E-state index in [1.807, 2.05) is 32.2 Å². The van der Waals surface area contributed by atoms with E-state index in [0.717, 1.165) is 0 Å². The Morgan fingerprint density at radius 2 is 1.48 bits per heavy atom. The summed E-state index contributed by atoms with van der Waals surface area (Å²) in [5.41, 5.74) is 5.31. The number of hydrogen-bond acceptors (Lipinski definition) is 6. The standard InChI is InChI=1S/C20H32N4S.C3H6O.C2H6/c1-13-9-11-17(12-10-13)19(21-5)18-14(2)15(3)25-20(18)22-16(4)24(8)23(6)7;1-3(2)4;1-2/h9-12,16,19,21-22H,1-8H3;1-2H3;1-2H3. The van der Waals surface area contributed by atoms with E-state index in [2.05, 4.69) is 93.8 Å². The van der Waals surface area contributed by atoms with Gasteiger partial charge in [-0.3, -0.25) is 0 Å². The van der Waals surface area contributed by atoms with Crippen LogP contribution in [0.4, 0.5) is 5.00 Å². The topological polar surface area (TPSA) is 47.6 Å². The van der Waals surface area contributed by atoms with Gasteiger partial charge >= 0.3 is 0 Å². The first-order chi connectivity index (χ1) is 14.5. The highest BCUT2D eigenvalue weighted by Gasteiger charge is 2.24. The van der Waals surface area contributed by atoms with Crippen molar-refractivity contribution in [3.63, 3.8) is 0 Å². The average molecular weight is 449 g/mol. The van der Waals surface area contributed by atoms with Crippen molar-refractivity contribution in [2.75, 3.05) is 33.5 Å². The predicted octanol–water partition coefficient (Wildman–Crippen LogP) is 5.77. The Morgan fingerprint density at radius 3 is 1.90 bits per heavy atom. The van der Waals surface area contributed by atoms with Crippen molar-refractivity contribution in [3.8, 4) is 0 Å². The zero-order valence-electron chi connectivity index (χ0n) is 21.7. The number of nitrogens with zero attached hydrogens (tertiary/aromatic N) is 2. The molecule has 0 bridgehead atoms. The number of hydrazine groups is 1. The minimum Gasteiger partial charge on any atom is -0.360 e. The Hall–Kier alpha value is -1.73. The molecule has 0 saturated heterocycles. The van der Waals surface area contributed by atoms with Gasteiger partial charge in [0.25, 0.3) is 0 Å². The normalized spacial score (nSPS) is 12.5. The van der Waals surface area contributed by atoms with Crippen LogP contribution in [0, 0.1) is 20.8 Å². The van der Waals surface area contributed by atoms with Gasteiger partial charge in [0.1, 0.15) is 5.78 Å². The molecule has 0 aliphatic rings. The number of nitrogens with one attached hydrogen (secondary N) is 2. The van der Waals surface area contributed by atoms with Crippen LogP contribution < -0.4 is 10.6 Å². The van der Waals surface area contributed by atoms with Gasteiger partial charge in [-0.15, -0.1) is 11.3 Å². The monoisotopic (exact) mass is 448 g/mol. The Bertz CT molecular complexity index is 780. The molecule has 2 atom stereocenters. The van der Waals surface area contributed by atoms with Gasteiger partial charge in [-0.2, -0.15) is 0 Å². The van der Waals surface area contributed by atoms with Crippen LogP contribution in [-0.2, 0) is 4.79 Å². The highest BCUT2D eigenvalue weighted by atomic mass is 32.1. The number of benzene rings is 1. The summed E-state index contributed by atoms with van der Waals surface area (Å²) in [6.45, 7) is 15.8. The highest BCUT2D eigenvalue weighted by molar-refractivity contribution is 7.16. The van der Waals surface area contributed by atoms with E-state index >= 15 is 0 Å². The lowest BCUT2D eigenvalue weighted by atomic mass is 9.96. The first-order valence-electron chi connectivity index (χ1n) is 11.0. The van der Waals surface area contributed by atoms with Crippen LogP contribution in [0.2, 0.25) is 0 Å². The summed E-state index contributed by atoms with van der Waals surface area (Å²) in [5.74, 6) is 0.167. The fourth-order valence-electron chi connectivity index (χ4n) is 2.97. The largest absolute Gasteiger partial charge is 0.360 e. The number of ketones is 1. The number of anilines is 1. The van der Waals surface area contributed by atoms with E-state index < -0.39 is 0 Å². The second kappa shape index (κ2) is 14.4. The fraction of sp³-hybridized carbons (Fsp3) is 0.560. The van der Waals surface area contributed by atoms with Crippen molar-refractivity contribution >= 4 is 22.1 Å². The van der Waals surface area contributed by atoms with Crippen LogP contribution in [-0.4, -0.2) is 50.2 Å². The van der Waals surface area contributed by atoms with Gasteiger partial charge in [-0.05, 0) is 59.7 Å². The number of carbonyl (C=O) groups is 1. The lowest BCUT2D eigenvalue weighted by Crippen LogP contribution is -2.44. The van der Waals surface area contributed by atoms with Crippen LogP contribution in [0.3, 0.4) is 0 Å². The van der Waals surface area contributed by atoms with E-state index in [4.69, 9.17) is 0 Å². The zero-order chi connectivity index (χ0) is 24.3. The van der Waals surface area contributed by atoms with Crippen molar-refractivity contribution in [1.82, 2.24) is 15.3 Å². The van der Waals surface area contributed by atoms with E-state index in [1.165, 1.54) is 46.0 Å². The Balaban J connectivity index is 0.00000134. The van der Waals surface area contributed by atoms with Gasteiger partial charge in [0.2, 0.25) is 0 Å². The van der Waals surface area contributed by atoms with Crippen LogP contribution in [0.15, 0.2) is 24.3 Å². The molecule has 176 valence electrons. The molecule has 2 N–H and O–H groups in total. The summed E-state index contributed by atoms with van der Waals surface area (Å²) in [6, 6.07) is 9.00. The number of thiophene rings is 1. The number of aryl methyl sites for hydroxylation is 2. The molecule has 1 aromatic heterocycles. The number of Topliss-reactive ketones (excluding diaryl/α,β-unsaturated/α-hetero) is 1. The van der Waals surface area contributed by atoms with Crippen LogP contribution in [0.5, 0.6) is 0 Å². The minimum absolute atomic E-state index is 0.167. The lowest BCUT2D eigenvalue weighted by Gasteiger charge is -2.32. The maximum atomic E-state index is 9.44. The molecule has 1 heterocycles. The molecule has 2 unspecified atom stereocenters. The summed E-state index contributed by atoms with van der Waals surface area (Å²) in [7, 11) is 8.26. The van der Waals surface area contributed by atoms with Crippen LogP contribution in [0.1, 0.15) is 67.8 Å². The summed E-state index contributed by atoms with van der Waals surface area (Å²) in [6.07, 6.45) is 0.210. The second-order valence-electron chi connectivity index (χ2n) is 7.81. The smallest absolute Gasteiger partial charge is 0.126 e. The number of hydrogen-bond donors (Lipinski definition) is 2. The van der Waals surface area contributed by atoms with E-state index in [0.29, 0.717) is 0 Å². The molecule has 0 aliphatic carbocycles. The van der Waals surface area contributed by atoms with E-state index in [-0.39, 0.29) is 18.0 Å². The Morgan fingerprint density at radius 1 is 1.00 bits per heavy atom. The van der Waals surface area contributed by atoms with Gasteiger partial charge in [-0.25, -0.2) is 10.0 Å². The highest BCUT2D eigenvalue weighted by Crippen LogP contribution is 2.39. The molecule has 0 fully saturated rings. The fourth-order valence-corrected chi connectivity index (χ4v) is 4.15. The first-order valence-corrected chi connectivity index (χ1v) is 11.8. The van der Waals surface area contributed by atoms with Crippen molar-refractivity contribution in [1.29, 1.82) is 0 Å². The predicted molar refractivity (Wildman–Crippen MR) is 138 cm³/mol. The molecular formula is C25H44N4OS. The van der Waals surface area contributed by atoms with Gasteiger partial charge in [0.05, 0.1) is 17.2 Å². The van der Waals surface area contributed by atoms with Crippen molar-refractivity contribution in [2.45, 2.75) is 67.6 Å². The van der Waals surface area contributed by atoms with Gasteiger partial charge in [0, 0.05) is 31.6 Å². The maximum Gasteiger partial charge on any atom is 0.126 e. The van der Waals surface area contributed by atoms with Crippen LogP contribution >= 0.6 is 11.3 Å². The third-order valence-corrected chi connectivity index (χ3v) is 6.11. The summed E-state index contributed by atoms with van der Waals surface area (Å²) in [4.78, 5) is 10.8. The number of rotatable bonds is 7. The molecule has 1 aromatic carbocycles. The third kappa shape index (κ3) is 9.11. The molecule has 0 aliphatic heterocycles. The number of carbonyl (C=O) groups excluding carboxylic acids is 1. The Labute approximate surface area is 194 Å². The van der Waals surface area contributed by atoms with Gasteiger partial charge in [0.15, 0.2) is 0 Å². The molecule has 5 nitrogen and oxygen atoms in total. The molecule has 2 rings (SSSR count). The van der Waals surface area contributed by atoms with Crippen molar-refractivity contribution in [2.24, 2.45) is 0 Å². The minimum atomic E-state index is 0.167. The molecule has 0 saturated carbocycles. The SMILES string of the molecule is CC.CC(C)=O.CNC(c1ccc(C)cc1)c1c(NC(C)N(C)N(C)C)sc(C)c1C. The van der Waals surface area contributed by atoms with Crippen molar-refractivity contribution in [3.05, 3.63) is 51.4 Å². The Kier molecular flexibility index (Phi) is 13.6. The van der Waals surface area contributed by atoms with Crippen LogP contribution in [0.25, 0.3) is 0 Å². The van der Waals surface area contributed by atoms with E-state index in [9.17, 15) is 4.79 Å². The second-order valence-corrected chi connectivity index (χ2v) is 9.03. The molecule has 6 heteroatoms. The average Bonchev–Trinajstić information content (AvgIpc) is 2.98. The molecule has 2 aromatic rings. The third-order valence-electron chi connectivity index (χ3n) is 4.95. The zero-order valence-corrected chi connectivity index (χ0v) is 22.5. The maximum absolute atomic E-state index is 9.44. The van der Waals surface area contributed by atoms with E-state index in [1.54, 1.807) is 0 Å². The summed E-state index contributed by atoms with van der Waals surface area (Å²) < 4.78 is 0. The molecule has 0 amide bonds. The van der Waals surface area contributed by atoms with Crippen molar-refractivity contribution < 1.29 is 4.79 Å². The summed E-state index contributed by atoms with van der Waals surface area (Å²) in [5, 5.41) is 12.8. The quantitative estimate of drug-likeness (QED) is 0.416. The molecular weight excluding hydrogens is 404 g/mol.